The fourth-order valence-electron chi connectivity index (χ4n) is 2.31. The number of carboxylic acids is 1. The number of thiocarbonyl (C=S) groups is 1. The maximum absolute atomic E-state index is 12.5. The van der Waals surface area contributed by atoms with Crippen molar-refractivity contribution < 1.29 is 19.5 Å². The second-order valence-corrected chi connectivity index (χ2v) is 7.38. The smallest absolute Gasteiger partial charge is 0.305 e. The maximum atomic E-state index is 12.5. The molecule has 3 rings (SSSR count). The third kappa shape index (κ3) is 2.91. The van der Waals surface area contributed by atoms with E-state index in [0.717, 1.165) is 16.2 Å². The van der Waals surface area contributed by atoms with Gasteiger partial charge < -0.3 is 10.4 Å². The van der Waals surface area contributed by atoms with Gasteiger partial charge in [-0.25, -0.2) is 0 Å². The van der Waals surface area contributed by atoms with Crippen molar-refractivity contribution in [1.82, 2.24) is 4.90 Å². The molecule has 0 bridgehead atoms. The Hall–Kier alpha value is -1.71. The van der Waals surface area contributed by atoms with Crippen LogP contribution in [0.3, 0.4) is 0 Å². The quantitative estimate of drug-likeness (QED) is 0.585. The number of fused-ring (bicyclic) bond motifs is 1. The molecule has 0 unspecified atom stereocenters. The lowest BCUT2D eigenvalue weighted by Crippen LogP contribution is -2.30. The van der Waals surface area contributed by atoms with Crippen LogP contribution in [0.25, 0.3) is 5.57 Å². The van der Waals surface area contributed by atoms with Gasteiger partial charge in [-0.15, -0.1) is 0 Å². The van der Waals surface area contributed by atoms with Crippen molar-refractivity contribution in [2.75, 3.05) is 11.9 Å². The molecule has 0 radical (unpaired) electrons. The Morgan fingerprint density at radius 2 is 2.13 bits per heavy atom. The second kappa shape index (κ2) is 6.06. The van der Waals surface area contributed by atoms with Gasteiger partial charge in [0.15, 0.2) is 0 Å². The lowest BCUT2D eigenvalue weighted by molar-refractivity contribution is -0.137. The average molecular weight is 413 g/mol. The normalized spacial score (nSPS) is 20.0. The van der Waals surface area contributed by atoms with E-state index in [0.29, 0.717) is 11.3 Å². The number of carbonyl (C=O) groups is 3. The minimum Gasteiger partial charge on any atom is -0.481 e. The van der Waals surface area contributed by atoms with Crippen molar-refractivity contribution >= 4 is 73.3 Å². The van der Waals surface area contributed by atoms with Gasteiger partial charge in [0, 0.05) is 22.3 Å². The zero-order valence-corrected chi connectivity index (χ0v) is 14.7. The van der Waals surface area contributed by atoms with Crippen LogP contribution in [-0.4, -0.2) is 38.7 Å². The molecule has 1 aromatic carbocycles. The molecule has 0 aromatic heterocycles. The van der Waals surface area contributed by atoms with Crippen molar-refractivity contribution in [3.8, 4) is 0 Å². The van der Waals surface area contributed by atoms with Gasteiger partial charge in [0.05, 0.1) is 16.9 Å². The van der Waals surface area contributed by atoms with Crippen LogP contribution in [0.5, 0.6) is 0 Å². The first-order valence-corrected chi connectivity index (χ1v) is 8.51. The molecule has 0 atom stereocenters. The molecule has 23 heavy (non-hydrogen) atoms. The third-order valence-corrected chi connectivity index (χ3v) is 5.29. The highest BCUT2D eigenvalue weighted by molar-refractivity contribution is 9.10. The van der Waals surface area contributed by atoms with Crippen LogP contribution in [0.4, 0.5) is 5.69 Å². The van der Waals surface area contributed by atoms with Crippen molar-refractivity contribution in [2.45, 2.75) is 6.42 Å². The number of nitrogens with one attached hydrogen (secondary N) is 1. The Morgan fingerprint density at radius 3 is 2.83 bits per heavy atom. The topological polar surface area (TPSA) is 86.7 Å². The van der Waals surface area contributed by atoms with Crippen molar-refractivity contribution in [2.24, 2.45) is 0 Å². The summed E-state index contributed by atoms with van der Waals surface area (Å²) in [6, 6.07) is 5.29. The van der Waals surface area contributed by atoms with Crippen LogP contribution < -0.4 is 5.32 Å². The number of amides is 2. The van der Waals surface area contributed by atoms with E-state index in [1.54, 1.807) is 18.2 Å². The van der Waals surface area contributed by atoms with Crippen molar-refractivity contribution in [3.05, 3.63) is 33.1 Å². The molecule has 0 aliphatic carbocycles. The van der Waals surface area contributed by atoms with E-state index in [2.05, 4.69) is 21.2 Å². The minimum atomic E-state index is -1.01. The SMILES string of the molecule is O=C(O)CCN1C(=O)/C(=C2\C(=O)Nc3ccc(Br)cc32)SC1=S. The fraction of sp³-hybridized carbons (Fsp3) is 0.143. The van der Waals surface area contributed by atoms with Gasteiger partial charge >= 0.3 is 5.97 Å². The Morgan fingerprint density at radius 1 is 1.39 bits per heavy atom. The average Bonchev–Trinajstić information content (AvgIpc) is 2.93. The van der Waals surface area contributed by atoms with Gasteiger partial charge in [0.2, 0.25) is 0 Å². The van der Waals surface area contributed by atoms with Crippen LogP contribution in [0.1, 0.15) is 12.0 Å². The van der Waals surface area contributed by atoms with Gasteiger partial charge in [-0.2, -0.15) is 0 Å². The molecule has 0 spiro atoms. The number of benzene rings is 1. The standard InChI is InChI=1S/C14H9BrN2O4S2/c15-6-1-2-8-7(5-6)10(12(20)16-8)11-13(21)17(14(22)23-11)4-3-9(18)19/h1-2,5H,3-4H2,(H,16,20)(H,18,19)/b11-10+. The van der Waals surface area contributed by atoms with E-state index >= 15 is 0 Å². The number of nitrogens with zero attached hydrogens (tertiary/aromatic N) is 1. The first-order valence-electron chi connectivity index (χ1n) is 6.49. The summed E-state index contributed by atoms with van der Waals surface area (Å²) in [5, 5.41) is 11.5. The van der Waals surface area contributed by atoms with Gasteiger partial charge in [-0.1, -0.05) is 39.9 Å². The van der Waals surface area contributed by atoms with E-state index in [4.69, 9.17) is 17.3 Å². The Labute approximate surface area is 149 Å². The molecule has 2 aliphatic rings. The number of aliphatic carboxylic acids is 1. The third-order valence-electron chi connectivity index (χ3n) is 3.35. The molecular formula is C14H9BrN2O4S2. The van der Waals surface area contributed by atoms with Crippen LogP contribution in [-0.2, 0) is 14.4 Å². The molecule has 2 amide bonds. The number of thioether (sulfide) groups is 1. The zero-order valence-electron chi connectivity index (χ0n) is 11.5. The Kier molecular flexibility index (Phi) is 4.26. The number of carbonyl (C=O) groups excluding carboxylic acids is 2. The van der Waals surface area contributed by atoms with E-state index < -0.39 is 11.9 Å². The molecule has 1 saturated heterocycles. The molecule has 1 aromatic rings. The summed E-state index contributed by atoms with van der Waals surface area (Å²) >= 11 is 9.51. The number of hydrogen-bond donors (Lipinski definition) is 2. The highest BCUT2D eigenvalue weighted by Gasteiger charge is 2.39. The number of hydrogen-bond acceptors (Lipinski definition) is 5. The Balaban J connectivity index is 2.01. The predicted molar refractivity (Wildman–Crippen MR) is 93.8 cm³/mol. The summed E-state index contributed by atoms with van der Waals surface area (Å²) in [5.41, 5.74) is 1.53. The highest BCUT2D eigenvalue weighted by atomic mass is 79.9. The molecule has 118 valence electrons. The lowest BCUT2D eigenvalue weighted by Gasteiger charge is -2.12. The van der Waals surface area contributed by atoms with Gasteiger partial charge in [0.25, 0.3) is 11.8 Å². The molecule has 0 saturated carbocycles. The van der Waals surface area contributed by atoms with Crippen LogP contribution in [0, 0.1) is 0 Å². The number of anilines is 1. The van der Waals surface area contributed by atoms with Crippen molar-refractivity contribution in [3.63, 3.8) is 0 Å². The lowest BCUT2D eigenvalue weighted by atomic mass is 10.1. The first-order chi connectivity index (χ1) is 10.9. The van der Waals surface area contributed by atoms with Crippen LogP contribution in [0.15, 0.2) is 27.6 Å². The summed E-state index contributed by atoms with van der Waals surface area (Å²) in [5.74, 6) is -1.81. The van der Waals surface area contributed by atoms with E-state index in [-0.39, 0.29) is 33.7 Å². The minimum absolute atomic E-state index is 0.0102. The highest BCUT2D eigenvalue weighted by Crippen LogP contribution is 2.42. The number of rotatable bonds is 3. The van der Waals surface area contributed by atoms with E-state index in [9.17, 15) is 14.4 Å². The summed E-state index contributed by atoms with van der Waals surface area (Å²) in [6.07, 6.45) is -0.205. The number of carboxylic acid groups (broad SMARTS) is 1. The largest absolute Gasteiger partial charge is 0.481 e. The van der Waals surface area contributed by atoms with Gasteiger partial charge in [0.1, 0.15) is 4.32 Å². The molecule has 6 nitrogen and oxygen atoms in total. The summed E-state index contributed by atoms with van der Waals surface area (Å²) < 4.78 is 1.04. The van der Waals surface area contributed by atoms with Crippen LogP contribution in [0.2, 0.25) is 0 Å². The Bertz CT molecular complexity index is 806. The summed E-state index contributed by atoms with van der Waals surface area (Å²) in [4.78, 5) is 36.9. The maximum Gasteiger partial charge on any atom is 0.305 e. The molecule has 2 aliphatic heterocycles. The van der Waals surface area contributed by atoms with Crippen molar-refractivity contribution in [1.29, 1.82) is 0 Å². The molecule has 1 fully saturated rings. The van der Waals surface area contributed by atoms with Gasteiger partial charge in [-0.05, 0) is 18.2 Å². The van der Waals surface area contributed by atoms with Gasteiger partial charge in [-0.3, -0.25) is 19.3 Å². The first kappa shape index (κ1) is 16.2. The van der Waals surface area contributed by atoms with Crippen LogP contribution >= 0.6 is 39.9 Å². The molecule has 2 heterocycles. The fourth-order valence-corrected chi connectivity index (χ4v) is 4.06. The second-order valence-electron chi connectivity index (χ2n) is 4.82. The van der Waals surface area contributed by atoms with E-state index in [1.807, 2.05) is 0 Å². The summed E-state index contributed by atoms with van der Waals surface area (Å²) in [7, 11) is 0. The predicted octanol–water partition coefficient (Wildman–Crippen LogP) is 2.45. The summed E-state index contributed by atoms with van der Waals surface area (Å²) in [6.45, 7) is -0.0102. The molecule has 2 N–H and O–H groups in total. The number of halogens is 1. The molecule has 9 heteroatoms. The molecular weight excluding hydrogens is 404 g/mol. The zero-order chi connectivity index (χ0) is 16.7. The monoisotopic (exact) mass is 412 g/mol. The van der Waals surface area contributed by atoms with E-state index in [1.165, 1.54) is 4.90 Å².